The van der Waals surface area contributed by atoms with E-state index < -0.39 is 0 Å². The van der Waals surface area contributed by atoms with Crippen LogP contribution in [0.15, 0.2) is 24.3 Å². The highest BCUT2D eigenvalue weighted by molar-refractivity contribution is 7.99. The highest BCUT2D eigenvalue weighted by atomic mass is 32.2. The number of nitrogens with one attached hydrogen (secondary N) is 3. The van der Waals surface area contributed by atoms with E-state index in [4.69, 9.17) is 0 Å². The maximum atomic E-state index is 12.2. The molecule has 3 N–H and O–H groups in total. The standard InChI is InChI=1S/C19H27N3O2S/c23-18(11-17-13-25-9-8-20-17)21-12-14-4-3-7-16(10-14)22-19(24)15-5-1-2-6-15/h3-4,7,10,15,17,20H,1-2,5-6,8-9,11-13H2,(H,21,23)(H,22,24). The highest BCUT2D eigenvalue weighted by Crippen LogP contribution is 2.26. The van der Waals surface area contributed by atoms with E-state index in [0.717, 1.165) is 55.0 Å². The third kappa shape index (κ3) is 5.75. The van der Waals surface area contributed by atoms with Crippen molar-refractivity contribution in [3.8, 4) is 0 Å². The molecule has 0 spiro atoms. The molecule has 0 radical (unpaired) electrons. The zero-order chi connectivity index (χ0) is 17.5. The molecule has 6 heteroatoms. The minimum Gasteiger partial charge on any atom is -0.352 e. The number of benzene rings is 1. The number of anilines is 1. The van der Waals surface area contributed by atoms with Gasteiger partial charge >= 0.3 is 0 Å². The molecule has 136 valence electrons. The summed E-state index contributed by atoms with van der Waals surface area (Å²) >= 11 is 1.89. The summed E-state index contributed by atoms with van der Waals surface area (Å²) in [5, 5.41) is 9.37. The van der Waals surface area contributed by atoms with Crippen molar-refractivity contribution < 1.29 is 9.59 Å². The first-order valence-corrected chi connectivity index (χ1v) is 10.3. The first kappa shape index (κ1) is 18.3. The van der Waals surface area contributed by atoms with E-state index in [0.29, 0.717) is 13.0 Å². The van der Waals surface area contributed by atoms with Crippen molar-refractivity contribution in [1.82, 2.24) is 10.6 Å². The third-order valence-corrected chi connectivity index (χ3v) is 5.97. The molecule has 1 aliphatic carbocycles. The molecule has 1 heterocycles. The van der Waals surface area contributed by atoms with E-state index in [1.807, 2.05) is 36.0 Å². The molecule has 2 aliphatic rings. The van der Waals surface area contributed by atoms with Crippen LogP contribution < -0.4 is 16.0 Å². The molecule has 2 fully saturated rings. The monoisotopic (exact) mass is 361 g/mol. The fraction of sp³-hybridized carbons (Fsp3) is 0.579. The van der Waals surface area contributed by atoms with Crippen LogP contribution in [-0.2, 0) is 16.1 Å². The zero-order valence-corrected chi connectivity index (χ0v) is 15.4. The van der Waals surface area contributed by atoms with Gasteiger partial charge in [-0.3, -0.25) is 9.59 Å². The van der Waals surface area contributed by atoms with Gasteiger partial charge in [0, 0.05) is 48.7 Å². The summed E-state index contributed by atoms with van der Waals surface area (Å²) in [7, 11) is 0. The van der Waals surface area contributed by atoms with E-state index in [-0.39, 0.29) is 23.8 Å². The molecular weight excluding hydrogens is 334 g/mol. The van der Waals surface area contributed by atoms with Crippen LogP contribution in [0, 0.1) is 5.92 Å². The summed E-state index contributed by atoms with van der Waals surface area (Å²) in [6, 6.07) is 8.02. The molecular formula is C19H27N3O2S. The van der Waals surface area contributed by atoms with Gasteiger partial charge in [0.05, 0.1) is 0 Å². The highest BCUT2D eigenvalue weighted by Gasteiger charge is 2.22. The van der Waals surface area contributed by atoms with Crippen molar-refractivity contribution in [2.75, 3.05) is 23.4 Å². The van der Waals surface area contributed by atoms with Crippen molar-refractivity contribution >= 4 is 29.3 Å². The lowest BCUT2D eigenvalue weighted by atomic mass is 10.1. The van der Waals surface area contributed by atoms with Crippen molar-refractivity contribution in [1.29, 1.82) is 0 Å². The van der Waals surface area contributed by atoms with Gasteiger partial charge in [-0.25, -0.2) is 0 Å². The van der Waals surface area contributed by atoms with Crippen molar-refractivity contribution in [3.05, 3.63) is 29.8 Å². The molecule has 1 atom stereocenters. The van der Waals surface area contributed by atoms with E-state index >= 15 is 0 Å². The van der Waals surface area contributed by atoms with E-state index in [2.05, 4.69) is 16.0 Å². The first-order chi connectivity index (χ1) is 12.2. The number of hydrogen-bond donors (Lipinski definition) is 3. The topological polar surface area (TPSA) is 70.2 Å². The molecule has 1 saturated heterocycles. The van der Waals surface area contributed by atoms with Gasteiger partial charge in [-0.15, -0.1) is 0 Å². The van der Waals surface area contributed by atoms with Crippen LogP contribution in [0.5, 0.6) is 0 Å². The van der Waals surface area contributed by atoms with Crippen LogP contribution in [0.25, 0.3) is 0 Å². The second-order valence-corrected chi connectivity index (χ2v) is 8.03. The van der Waals surface area contributed by atoms with Gasteiger partial charge in [0.15, 0.2) is 0 Å². The van der Waals surface area contributed by atoms with E-state index in [1.165, 1.54) is 0 Å². The lowest BCUT2D eigenvalue weighted by Gasteiger charge is -2.22. The molecule has 0 bridgehead atoms. The molecule has 1 saturated carbocycles. The maximum absolute atomic E-state index is 12.2. The first-order valence-electron chi connectivity index (χ1n) is 9.18. The Morgan fingerprint density at radius 2 is 2.08 bits per heavy atom. The molecule has 1 unspecified atom stereocenters. The second kappa shape index (κ2) is 9.25. The molecule has 0 aromatic heterocycles. The number of carbonyl (C=O) groups is 2. The van der Waals surface area contributed by atoms with Gasteiger partial charge in [0.25, 0.3) is 0 Å². The molecule has 1 aromatic rings. The van der Waals surface area contributed by atoms with E-state index in [9.17, 15) is 9.59 Å². The number of carbonyl (C=O) groups excluding carboxylic acids is 2. The molecule has 3 rings (SSSR count). The Morgan fingerprint density at radius 3 is 2.84 bits per heavy atom. The Bertz CT molecular complexity index is 596. The van der Waals surface area contributed by atoms with Gasteiger partial charge in [-0.2, -0.15) is 11.8 Å². The number of hydrogen-bond acceptors (Lipinski definition) is 4. The number of thioether (sulfide) groups is 1. The van der Waals surface area contributed by atoms with Crippen LogP contribution in [-0.4, -0.2) is 35.9 Å². The predicted octanol–water partition coefficient (Wildman–Crippen LogP) is 2.53. The van der Waals surface area contributed by atoms with Gasteiger partial charge in [0.2, 0.25) is 11.8 Å². The SMILES string of the molecule is O=C(CC1CSCCN1)NCc1cccc(NC(=O)C2CCCC2)c1. The lowest BCUT2D eigenvalue weighted by Crippen LogP contribution is -2.41. The van der Waals surface area contributed by atoms with Crippen LogP contribution in [0.1, 0.15) is 37.7 Å². The Hall–Kier alpha value is -1.53. The molecule has 1 aliphatic heterocycles. The third-order valence-electron chi connectivity index (χ3n) is 4.84. The minimum atomic E-state index is 0.0698. The van der Waals surface area contributed by atoms with Crippen LogP contribution >= 0.6 is 11.8 Å². The van der Waals surface area contributed by atoms with Crippen LogP contribution in [0.3, 0.4) is 0 Å². The van der Waals surface area contributed by atoms with Gasteiger partial charge in [-0.1, -0.05) is 25.0 Å². The molecule has 5 nitrogen and oxygen atoms in total. The average Bonchev–Trinajstić information content (AvgIpc) is 3.16. The fourth-order valence-corrected chi connectivity index (χ4v) is 4.39. The summed E-state index contributed by atoms with van der Waals surface area (Å²) in [6.07, 6.45) is 4.81. The van der Waals surface area contributed by atoms with Gasteiger partial charge in [0.1, 0.15) is 0 Å². The number of rotatable bonds is 6. The molecule has 1 aromatic carbocycles. The van der Waals surface area contributed by atoms with Crippen molar-refractivity contribution in [2.45, 2.75) is 44.7 Å². The normalized spacial score (nSPS) is 21.0. The summed E-state index contributed by atoms with van der Waals surface area (Å²) in [6.45, 7) is 1.47. The van der Waals surface area contributed by atoms with Crippen LogP contribution in [0.2, 0.25) is 0 Å². The Kier molecular flexibility index (Phi) is 6.76. The molecule has 2 amide bonds. The Balaban J connectivity index is 1.46. The van der Waals surface area contributed by atoms with Gasteiger partial charge in [-0.05, 0) is 30.5 Å². The average molecular weight is 362 g/mol. The quantitative estimate of drug-likeness (QED) is 0.728. The van der Waals surface area contributed by atoms with Gasteiger partial charge < -0.3 is 16.0 Å². The predicted molar refractivity (Wildman–Crippen MR) is 103 cm³/mol. The molecule has 25 heavy (non-hydrogen) atoms. The zero-order valence-electron chi connectivity index (χ0n) is 14.6. The van der Waals surface area contributed by atoms with Crippen LogP contribution in [0.4, 0.5) is 5.69 Å². The number of amides is 2. The summed E-state index contributed by atoms with van der Waals surface area (Å²) in [4.78, 5) is 24.3. The second-order valence-electron chi connectivity index (χ2n) is 6.88. The van der Waals surface area contributed by atoms with E-state index in [1.54, 1.807) is 0 Å². The minimum absolute atomic E-state index is 0.0698. The Labute approximate surface area is 153 Å². The Morgan fingerprint density at radius 1 is 1.24 bits per heavy atom. The summed E-state index contributed by atoms with van der Waals surface area (Å²) < 4.78 is 0. The largest absolute Gasteiger partial charge is 0.352 e. The lowest BCUT2D eigenvalue weighted by molar-refractivity contribution is -0.122. The van der Waals surface area contributed by atoms with Crippen molar-refractivity contribution in [3.63, 3.8) is 0 Å². The summed E-state index contributed by atoms with van der Waals surface area (Å²) in [5.74, 6) is 2.47. The summed E-state index contributed by atoms with van der Waals surface area (Å²) in [5.41, 5.74) is 1.82. The fourth-order valence-electron chi connectivity index (χ4n) is 3.44. The smallest absolute Gasteiger partial charge is 0.227 e. The van der Waals surface area contributed by atoms with Crippen molar-refractivity contribution in [2.24, 2.45) is 5.92 Å². The maximum Gasteiger partial charge on any atom is 0.227 e.